The summed E-state index contributed by atoms with van der Waals surface area (Å²) < 4.78 is 35.8. The van der Waals surface area contributed by atoms with E-state index in [1.165, 1.54) is 12.1 Å². The maximum Gasteiger partial charge on any atom is 0.326 e. The van der Waals surface area contributed by atoms with Crippen LogP contribution in [-0.4, -0.2) is 71.4 Å². The van der Waals surface area contributed by atoms with E-state index in [0.717, 1.165) is 0 Å². The number of morpholine rings is 1. The van der Waals surface area contributed by atoms with Crippen molar-refractivity contribution in [1.82, 2.24) is 19.9 Å². The topological polar surface area (TPSA) is 95.9 Å². The van der Waals surface area contributed by atoms with Crippen molar-refractivity contribution in [3.05, 3.63) is 65.4 Å². The second kappa shape index (κ2) is 12.8. The van der Waals surface area contributed by atoms with Gasteiger partial charge in [0.1, 0.15) is 31.7 Å². The molecule has 11 heteroatoms. The van der Waals surface area contributed by atoms with Crippen LogP contribution in [0.15, 0.2) is 54.1 Å². The van der Waals surface area contributed by atoms with Crippen molar-refractivity contribution >= 4 is 27.9 Å². The fraction of sp³-hybridized carbons (Fsp3) is 0.304. The van der Waals surface area contributed by atoms with Gasteiger partial charge in [-0.3, -0.25) is 4.79 Å². The summed E-state index contributed by atoms with van der Waals surface area (Å²) in [5, 5.41) is 0. The van der Waals surface area contributed by atoms with Gasteiger partial charge in [-0.15, -0.1) is 15.0 Å². The molecule has 1 unspecified atom stereocenters. The first-order valence-corrected chi connectivity index (χ1v) is 11.2. The summed E-state index contributed by atoms with van der Waals surface area (Å²) in [6, 6.07) is 4.59. The van der Waals surface area contributed by atoms with Gasteiger partial charge < -0.3 is 23.8 Å². The highest BCUT2D eigenvalue weighted by atomic mass is 79.9. The van der Waals surface area contributed by atoms with E-state index in [9.17, 15) is 9.18 Å². The smallest absolute Gasteiger partial charge is 0.326 e. The third-order valence-electron chi connectivity index (χ3n) is 4.45. The number of benzene rings is 1. The molecule has 0 radical (unpaired) electrons. The molecule has 0 bridgehead atoms. The van der Waals surface area contributed by atoms with Crippen LogP contribution in [0.4, 0.5) is 4.39 Å². The number of hydrogen-bond acceptors (Lipinski definition) is 8. The van der Waals surface area contributed by atoms with Gasteiger partial charge in [0.15, 0.2) is 0 Å². The molecule has 1 atom stereocenters. The number of amides is 1. The molecule has 1 aliphatic rings. The van der Waals surface area contributed by atoms with E-state index in [4.69, 9.17) is 18.9 Å². The molecule has 1 aliphatic heterocycles. The average Bonchev–Trinajstić information content (AvgIpc) is 2.85. The zero-order valence-electron chi connectivity index (χ0n) is 18.4. The Balaban J connectivity index is 1.58. The van der Waals surface area contributed by atoms with Gasteiger partial charge in [-0.05, 0) is 39.7 Å². The fourth-order valence-electron chi connectivity index (χ4n) is 2.86. The van der Waals surface area contributed by atoms with E-state index in [-0.39, 0.29) is 49.6 Å². The maximum atomic E-state index is 13.4. The number of halogens is 2. The predicted octanol–water partition coefficient (Wildman–Crippen LogP) is 3.22. The third kappa shape index (κ3) is 7.63. The van der Waals surface area contributed by atoms with Crippen LogP contribution in [0.25, 0.3) is 6.08 Å². The van der Waals surface area contributed by atoms with E-state index in [0.29, 0.717) is 29.7 Å². The first-order chi connectivity index (χ1) is 16.5. The Morgan fingerprint density at radius 1 is 1.15 bits per heavy atom. The first-order valence-electron chi connectivity index (χ1n) is 10.4. The highest BCUT2D eigenvalue weighted by molar-refractivity contribution is 9.10. The lowest BCUT2D eigenvalue weighted by molar-refractivity contribution is -0.134. The van der Waals surface area contributed by atoms with E-state index in [2.05, 4.69) is 44.0 Å². The highest BCUT2D eigenvalue weighted by Crippen LogP contribution is 2.18. The predicted molar refractivity (Wildman–Crippen MR) is 126 cm³/mol. The monoisotopic (exact) mass is 534 g/mol. The number of aromatic nitrogens is 3. The zero-order valence-corrected chi connectivity index (χ0v) is 19.9. The van der Waals surface area contributed by atoms with Gasteiger partial charge in [-0.2, -0.15) is 0 Å². The average molecular weight is 535 g/mol. The molecule has 2 heterocycles. The fourth-order valence-corrected chi connectivity index (χ4v) is 3.25. The summed E-state index contributed by atoms with van der Waals surface area (Å²) in [5.41, 5.74) is 0.702. The minimum absolute atomic E-state index is 0.00181. The van der Waals surface area contributed by atoms with Crippen LogP contribution in [0, 0.1) is 5.82 Å². The lowest BCUT2D eigenvalue weighted by Gasteiger charge is -2.32. The van der Waals surface area contributed by atoms with Crippen molar-refractivity contribution < 1.29 is 28.1 Å². The van der Waals surface area contributed by atoms with Crippen molar-refractivity contribution in [1.29, 1.82) is 0 Å². The summed E-state index contributed by atoms with van der Waals surface area (Å²) in [6.45, 7) is 8.80. The van der Waals surface area contributed by atoms with Gasteiger partial charge in [-0.1, -0.05) is 31.4 Å². The maximum absolute atomic E-state index is 13.4. The van der Waals surface area contributed by atoms with E-state index >= 15 is 0 Å². The molecule has 1 saturated heterocycles. The second-order valence-corrected chi connectivity index (χ2v) is 7.83. The van der Waals surface area contributed by atoms with Gasteiger partial charge >= 0.3 is 18.0 Å². The molecule has 0 N–H and O–H groups in total. The van der Waals surface area contributed by atoms with Crippen molar-refractivity contribution in [2.24, 2.45) is 0 Å². The Kier molecular flexibility index (Phi) is 9.53. The van der Waals surface area contributed by atoms with Gasteiger partial charge in [0.2, 0.25) is 5.91 Å². The van der Waals surface area contributed by atoms with Crippen LogP contribution in [-0.2, 0) is 9.53 Å². The van der Waals surface area contributed by atoms with Crippen molar-refractivity contribution in [3.8, 4) is 18.0 Å². The third-order valence-corrected chi connectivity index (χ3v) is 5.05. The van der Waals surface area contributed by atoms with E-state index in [1.807, 2.05) is 0 Å². The second-order valence-electron chi connectivity index (χ2n) is 6.98. The molecule has 1 aromatic heterocycles. The van der Waals surface area contributed by atoms with Crippen LogP contribution < -0.4 is 14.2 Å². The minimum atomic E-state index is -0.391. The summed E-state index contributed by atoms with van der Waals surface area (Å²) >= 11 is 3.13. The highest BCUT2D eigenvalue weighted by Gasteiger charge is 2.24. The van der Waals surface area contributed by atoms with Crippen LogP contribution in [0.1, 0.15) is 5.56 Å². The molecule has 1 fully saturated rings. The molecule has 180 valence electrons. The Hall–Kier alpha value is -3.31. The van der Waals surface area contributed by atoms with Gasteiger partial charge in [0, 0.05) is 12.6 Å². The molecule has 2 aromatic rings. The van der Waals surface area contributed by atoms with Gasteiger partial charge in [0.05, 0.1) is 17.6 Å². The molecular formula is C23H24BrFN4O5. The van der Waals surface area contributed by atoms with Gasteiger partial charge in [-0.25, -0.2) is 4.39 Å². The lowest BCUT2D eigenvalue weighted by atomic mass is 10.2. The number of carbonyl (C=O) groups excluding carboxylic acids is 1. The zero-order chi connectivity index (χ0) is 24.3. The van der Waals surface area contributed by atoms with Crippen molar-refractivity contribution in [2.75, 3.05) is 39.5 Å². The number of nitrogens with zero attached hydrogens (tertiary/aromatic N) is 4. The Morgan fingerprint density at radius 2 is 1.79 bits per heavy atom. The van der Waals surface area contributed by atoms with Crippen LogP contribution in [0.3, 0.4) is 0 Å². The molecule has 1 amide bonds. The summed E-state index contributed by atoms with van der Waals surface area (Å²) in [5.74, 6) is -0.550. The van der Waals surface area contributed by atoms with E-state index in [1.54, 1.807) is 35.3 Å². The minimum Gasteiger partial charge on any atom is -0.460 e. The first kappa shape index (κ1) is 25.3. The SMILES string of the molecule is C=CCOc1nc(OCC=C)nc(OCC2CN(C(=O)C=Cc3ccc(F)c(Br)c3)CCO2)n1. The summed E-state index contributed by atoms with van der Waals surface area (Å²) in [6.07, 6.45) is 5.80. The lowest BCUT2D eigenvalue weighted by Crippen LogP contribution is -2.47. The normalized spacial score (nSPS) is 15.7. The van der Waals surface area contributed by atoms with Crippen molar-refractivity contribution in [2.45, 2.75) is 6.10 Å². The standard InChI is InChI=1S/C23H24BrFN4O5/c1-3-10-32-21-26-22(33-11-4-2)28-23(27-21)34-15-17-14-29(9-12-31-17)20(30)8-6-16-5-7-19(25)18(24)13-16/h3-8,13,17H,1-2,9-12,14-15H2. The molecule has 0 aliphatic carbocycles. The molecule has 3 rings (SSSR count). The quantitative estimate of drug-likeness (QED) is 0.320. The molecular weight excluding hydrogens is 511 g/mol. The number of rotatable bonds is 11. The largest absolute Gasteiger partial charge is 0.460 e. The van der Waals surface area contributed by atoms with E-state index < -0.39 is 6.10 Å². The summed E-state index contributed by atoms with van der Waals surface area (Å²) in [4.78, 5) is 26.5. The molecule has 0 spiro atoms. The molecule has 9 nitrogen and oxygen atoms in total. The Morgan fingerprint density at radius 3 is 2.41 bits per heavy atom. The van der Waals surface area contributed by atoms with Crippen LogP contribution in [0.2, 0.25) is 0 Å². The van der Waals surface area contributed by atoms with Gasteiger partial charge in [0.25, 0.3) is 0 Å². The molecule has 34 heavy (non-hydrogen) atoms. The number of hydrogen-bond donors (Lipinski definition) is 0. The van der Waals surface area contributed by atoms with Crippen LogP contribution >= 0.6 is 15.9 Å². The summed E-state index contributed by atoms with van der Waals surface area (Å²) in [7, 11) is 0. The Bertz CT molecular complexity index is 1020. The molecule has 1 aromatic carbocycles. The van der Waals surface area contributed by atoms with Crippen molar-refractivity contribution in [3.63, 3.8) is 0 Å². The molecule has 0 saturated carbocycles. The van der Waals surface area contributed by atoms with Crippen LogP contribution in [0.5, 0.6) is 18.0 Å². The Labute approximate surface area is 205 Å². The number of ether oxygens (including phenoxy) is 4. The number of carbonyl (C=O) groups is 1.